The number of hydrogen-bond donors (Lipinski definition) is 3. The summed E-state index contributed by atoms with van der Waals surface area (Å²) in [4.78, 5) is 18.2. The molecule has 1 saturated heterocycles. The van der Waals surface area contributed by atoms with E-state index in [2.05, 4.69) is 25.8 Å². The van der Waals surface area contributed by atoms with Gasteiger partial charge in [0.15, 0.2) is 17.6 Å². The number of likely N-dealkylation sites (tertiary alicyclic amines) is 1. The van der Waals surface area contributed by atoms with Crippen LogP contribution in [0.4, 0.5) is 8.78 Å². The zero-order valence-corrected chi connectivity index (χ0v) is 16.7. The highest BCUT2D eigenvalue weighted by Crippen LogP contribution is 2.12. The molecule has 156 valence electrons. The van der Waals surface area contributed by atoms with E-state index in [4.69, 9.17) is 0 Å². The van der Waals surface area contributed by atoms with Gasteiger partial charge in [-0.05, 0) is 37.3 Å². The van der Waals surface area contributed by atoms with Crippen LogP contribution in [0.1, 0.15) is 31.7 Å². The molecule has 1 aliphatic rings. The number of guanidine groups is 1. The van der Waals surface area contributed by atoms with Crippen molar-refractivity contribution in [2.45, 2.75) is 38.6 Å². The standard InChI is InChI=1S/C20H31F2N5O/c1-3-10-24-18(28)14-27-12-8-16(9-13-27)26-20(23-2)25-11-7-15-5-4-6-17(21)19(15)22/h4-6,16H,3,7-14H2,1-2H3,(H,24,28)(H2,23,25,26). The molecule has 2 rings (SSSR count). The average Bonchev–Trinajstić information content (AvgIpc) is 2.70. The first-order chi connectivity index (χ1) is 13.5. The number of carbonyl (C=O) groups is 1. The fourth-order valence-electron chi connectivity index (χ4n) is 3.20. The van der Waals surface area contributed by atoms with Crippen molar-refractivity contribution in [1.82, 2.24) is 20.9 Å². The van der Waals surface area contributed by atoms with Crippen molar-refractivity contribution < 1.29 is 13.6 Å². The average molecular weight is 395 g/mol. The van der Waals surface area contributed by atoms with Gasteiger partial charge < -0.3 is 16.0 Å². The van der Waals surface area contributed by atoms with E-state index in [0.29, 0.717) is 31.0 Å². The molecule has 3 N–H and O–H groups in total. The molecule has 0 saturated carbocycles. The van der Waals surface area contributed by atoms with Gasteiger partial charge >= 0.3 is 0 Å². The Labute approximate surface area is 165 Å². The van der Waals surface area contributed by atoms with Crippen LogP contribution in [0.15, 0.2) is 23.2 Å². The maximum absolute atomic E-state index is 13.7. The van der Waals surface area contributed by atoms with Crippen molar-refractivity contribution in [2.75, 3.05) is 39.8 Å². The van der Waals surface area contributed by atoms with Crippen LogP contribution in [-0.2, 0) is 11.2 Å². The third-order valence-electron chi connectivity index (χ3n) is 4.81. The van der Waals surface area contributed by atoms with Crippen molar-refractivity contribution >= 4 is 11.9 Å². The maximum Gasteiger partial charge on any atom is 0.234 e. The van der Waals surface area contributed by atoms with Gasteiger partial charge in [-0.1, -0.05) is 19.1 Å². The second-order valence-electron chi connectivity index (χ2n) is 7.01. The lowest BCUT2D eigenvalue weighted by Gasteiger charge is -2.32. The van der Waals surface area contributed by atoms with Crippen molar-refractivity contribution in [3.05, 3.63) is 35.4 Å². The molecule has 1 aromatic carbocycles. The fraction of sp³-hybridized carbons (Fsp3) is 0.600. The van der Waals surface area contributed by atoms with E-state index in [1.54, 1.807) is 13.1 Å². The summed E-state index contributed by atoms with van der Waals surface area (Å²) in [6.07, 6.45) is 3.14. The van der Waals surface area contributed by atoms with Gasteiger partial charge in [0.05, 0.1) is 6.54 Å². The van der Waals surface area contributed by atoms with E-state index in [-0.39, 0.29) is 11.9 Å². The molecule has 0 unspecified atom stereocenters. The SMILES string of the molecule is CCCNC(=O)CN1CCC(NC(=NC)NCCc2cccc(F)c2F)CC1. The predicted molar refractivity (Wildman–Crippen MR) is 107 cm³/mol. The summed E-state index contributed by atoms with van der Waals surface area (Å²) in [7, 11) is 1.69. The number of nitrogens with one attached hydrogen (secondary N) is 3. The Hall–Kier alpha value is -2.22. The minimum atomic E-state index is -0.824. The molecule has 0 aromatic heterocycles. The molecule has 8 heteroatoms. The number of rotatable bonds is 8. The molecule has 0 bridgehead atoms. The van der Waals surface area contributed by atoms with E-state index in [0.717, 1.165) is 45.0 Å². The molecule has 0 aliphatic carbocycles. The lowest BCUT2D eigenvalue weighted by Crippen LogP contribution is -2.50. The summed E-state index contributed by atoms with van der Waals surface area (Å²) in [6.45, 7) is 5.35. The van der Waals surface area contributed by atoms with Crippen LogP contribution >= 0.6 is 0 Å². The largest absolute Gasteiger partial charge is 0.356 e. The molecule has 1 aromatic rings. The van der Waals surface area contributed by atoms with Crippen molar-refractivity contribution in [2.24, 2.45) is 4.99 Å². The summed E-state index contributed by atoms with van der Waals surface area (Å²) in [6, 6.07) is 4.49. The molecule has 0 radical (unpaired) electrons. The van der Waals surface area contributed by atoms with Crippen LogP contribution in [0.2, 0.25) is 0 Å². The number of benzene rings is 1. The number of nitrogens with zero attached hydrogens (tertiary/aromatic N) is 2. The first-order valence-electron chi connectivity index (χ1n) is 9.92. The van der Waals surface area contributed by atoms with Crippen LogP contribution in [0.3, 0.4) is 0 Å². The van der Waals surface area contributed by atoms with Crippen molar-refractivity contribution in [3.63, 3.8) is 0 Å². The molecular formula is C20H31F2N5O. The van der Waals surface area contributed by atoms with Crippen molar-refractivity contribution in [1.29, 1.82) is 0 Å². The molecule has 1 amide bonds. The molecule has 28 heavy (non-hydrogen) atoms. The molecule has 0 atom stereocenters. The second-order valence-corrected chi connectivity index (χ2v) is 7.01. The van der Waals surface area contributed by atoms with Gasteiger partial charge in [0, 0.05) is 39.3 Å². The van der Waals surface area contributed by atoms with Crippen molar-refractivity contribution in [3.8, 4) is 0 Å². The number of amides is 1. The van der Waals surface area contributed by atoms with E-state index in [9.17, 15) is 13.6 Å². The number of carbonyl (C=O) groups excluding carboxylic acids is 1. The molecular weight excluding hydrogens is 364 g/mol. The Kier molecular flexibility index (Phi) is 9.13. The van der Waals surface area contributed by atoms with Gasteiger partial charge in [-0.15, -0.1) is 0 Å². The normalized spacial score (nSPS) is 16.1. The Morgan fingerprint density at radius 2 is 1.96 bits per heavy atom. The summed E-state index contributed by atoms with van der Waals surface area (Å²) < 4.78 is 26.9. The van der Waals surface area contributed by atoms with Gasteiger partial charge in [0.2, 0.25) is 5.91 Å². The Morgan fingerprint density at radius 1 is 1.21 bits per heavy atom. The van der Waals surface area contributed by atoms with Crippen LogP contribution in [0.25, 0.3) is 0 Å². The minimum absolute atomic E-state index is 0.0790. The van der Waals surface area contributed by atoms with Crippen LogP contribution in [0, 0.1) is 11.6 Å². The number of piperidine rings is 1. The van der Waals surface area contributed by atoms with E-state index >= 15 is 0 Å². The van der Waals surface area contributed by atoms with Gasteiger partial charge in [-0.25, -0.2) is 8.78 Å². The lowest BCUT2D eigenvalue weighted by molar-refractivity contribution is -0.122. The van der Waals surface area contributed by atoms with E-state index in [1.807, 2.05) is 6.92 Å². The molecule has 1 fully saturated rings. The number of halogens is 2. The molecule has 0 spiro atoms. The topological polar surface area (TPSA) is 68.8 Å². The quantitative estimate of drug-likeness (QED) is 0.463. The fourth-order valence-corrected chi connectivity index (χ4v) is 3.20. The Balaban J connectivity index is 1.69. The van der Waals surface area contributed by atoms with Crippen LogP contribution in [0.5, 0.6) is 0 Å². The smallest absolute Gasteiger partial charge is 0.234 e. The monoisotopic (exact) mass is 395 g/mol. The zero-order valence-electron chi connectivity index (χ0n) is 16.7. The van der Waals surface area contributed by atoms with Gasteiger partial charge in [-0.2, -0.15) is 0 Å². The summed E-state index contributed by atoms with van der Waals surface area (Å²) in [5.41, 5.74) is 0.345. The van der Waals surface area contributed by atoms with Gasteiger partial charge in [0.25, 0.3) is 0 Å². The summed E-state index contributed by atoms with van der Waals surface area (Å²) in [5.74, 6) is -0.885. The minimum Gasteiger partial charge on any atom is -0.356 e. The van der Waals surface area contributed by atoms with Crippen LogP contribution < -0.4 is 16.0 Å². The maximum atomic E-state index is 13.7. The van der Waals surface area contributed by atoms with Gasteiger partial charge in [0.1, 0.15) is 0 Å². The third-order valence-corrected chi connectivity index (χ3v) is 4.81. The first-order valence-corrected chi connectivity index (χ1v) is 9.92. The summed E-state index contributed by atoms with van der Waals surface area (Å²) >= 11 is 0. The molecule has 1 heterocycles. The zero-order chi connectivity index (χ0) is 20.4. The third kappa shape index (κ3) is 7.07. The highest BCUT2D eigenvalue weighted by atomic mass is 19.2. The molecule has 1 aliphatic heterocycles. The highest BCUT2D eigenvalue weighted by molar-refractivity contribution is 5.80. The number of aliphatic imine (C=N–C) groups is 1. The molecule has 6 nitrogen and oxygen atoms in total. The Morgan fingerprint density at radius 3 is 2.64 bits per heavy atom. The first kappa shape index (κ1) is 22.1. The second kappa shape index (κ2) is 11.6. The van der Waals surface area contributed by atoms with E-state index < -0.39 is 11.6 Å². The van der Waals surface area contributed by atoms with Crippen LogP contribution in [-0.4, -0.2) is 62.6 Å². The number of hydrogen-bond acceptors (Lipinski definition) is 3. The van der Waals surface area contributed by atoms with E-state index in [1.165, 1.54) is 6.07 Å². The predicted octanol–water partition coefficient (Wildman–Crippen LogP) is 1.66. The summed E-state index contributed by atoms with van der Waals surface area (Å²) in [5, 5.41) is 9.42. The Bertz CT molecular complexity index is 660. The van der Waals surface area contributed by atoms with Gasteiger partial charge in [-0.3, -0.25) is 14.7 Å². The lowest BCUT2D eigenvalue weighted by atomic mass is 10.1. The highest BCUT2D eigenvalue weighted by Gasteiger charge is 2.21.